The number of anilines is 2. The number of nitrogen functional groups attached to an aromatic ring is 1. The molecule has 7 heterocycles. The number of piperazine rings is 1. The lowest BCUT2D eigenvalue weighted by molar-refractivity contribution is 0.00804. The minimum Gasteiger partial charge on any atom is -0.461 e. The van der Waals surface area contributed by atoms with E-state index >= 15 is 4.39 Å². The Morgan fingerprint density at radius 2 is 1.93 bits per heavy atom. The molecule has 0 spiro atoms. The average molecular weight is 620 g/mol. The first kappa shape index (κ1) is 26.6. The van der Waals surface area contributed by atoms with Crippen molar-refractivity contribution in [2.75, 3.05) is 43.4 Å². The molecule has 4 aromatic rings. The normalized spacial score (nSPS) is 26.6. The van der Waals surface area contributed by atoms with Gasteiger partial charge in [0.2, 0.25) is 0 Å². The second-order valence-corrected chi connectivity index (χ2v) is 13.3. The van der Waals surface area contributed by atoms with E-state index in [9.17, 15) is 13.2 Å². The molecule has 2 aromatic carbocycles. The van der Waals surface area contributed by atoms with E-state index in [2.05, 4.69) is 20.2 Å². The van der Waals surface area contributed by atoms with Crippen LogP contribution in [0.15, 0.2) is 18.2 Å². The minimum absolute atomic E-state index is 0.00854. The molecule has 0 amide bonds. The smallest absolute Gasteiger partial charge is 0.319 e. The van der Waals surface area contributed by atoms with Crippen LogP contribution in [0.3, 0.4) is 0 Å². The maximum Gasteiger partial charge on any atom is 0.319 e. The number of rotatable bonds is 5. The Bertz CT molecular complexity index is 1760. The highest BCUT2D eigenvalue weighted by Crippen LogP contribution is 2.47. The van der Waals surface area contributed by atoms with Crippen LogP contribution >= 0.6 is 22.9 Å². The van der Waals surface area contributed by atoms with E-state index in [1.54, 1.807) is 11.0 Å². The summed E-state index contributed by atoms with van der Waals surface area (Å²) in [5, 5.41) is 4.11. The molecule has 2 bridgehead atoms. The van der Waals surface area contributed by atoms with Gasteiger partial charge in [-0.2, -0.15) is 9.97 Å². The number of benzene rings is 2. The molecule has 42 heavy (non-hydrogen) atoms. The first-order chi connectivity index (χ1) is 20.1. The highest BCUT2D eigenvalue weighted by Gasteiger charge is 2.57. The van der Waals surface area contributed by atoms with E-state index in [1.165, 1.54) is 12.1 Å². The number of piperidine rings is 1. The Kier molecular flexibility index (Phi) is 5.86. The molecule has 5 fully saturated rings. The molecule has 220 valence electrons. The number of halogens is 5. The number of aromatic nitrogens is 3. The summed E-state index contributed by atoms with van der Waals surface area (Å²) in [6.07, 6.45) is 2.13. The zero-order valence-electron chi connectivity index (χ0n) is 22.3. The summed E-state index contributed by atoms with van der Waals surface area (Å²) < 4.78 is 66.2. The molecular formula is C28H26ClF4N7OS. The molecule has 2 aromatic heterocycles. The van der Waals surface area contributed by atoms with Gasteiger partial charge >= 0.3 is 6.01 Å². The maximum atomic E-state index is 16.6. The quantitative estimate of drug-likeness (QED) is 0.294. The predicted molar refractivity (Wildman–Crippen MR) is 154 cm³/mol. The van der Waals surface area contributed by atoms with Gasteiger partial charge in [-0.1, -0.05) is 22.9 Å². The molecule has 14 heteroatoms. The number of ether oxygens (including phenoxy) is 1. The van der Waals surface area contributed by atoms with Crippen molar-refractivity contribution >= 4 is 55.0 Å². The molecule has 3 atom stereocenters. The summed E-state index contributed by atoms with van der Waals surface area (Å²) in [5.74, 6) is -3.58. The standard InChI is InChI=1S/C28H26ClF4N7OS/c29-17-7-16-21(20(31)19(17)15-2-3-18(30)23-22(15)36-25(34)42-23)37-26(38-24(16)39-8-13-6-14(9-39)35-13)41-12-27-4-1-5-40(27)11-28(32,33)10-27/h2-3,7,13-14,35H,1,4-6,8-12H2,(H2,34,36). The van der Waals surface area contributed by atoms with E-state index in [0.29, 0.717) is 37.3 Å². The molecule has 0 radical (unpaired) electrons. The van der Waals surface area contributed by atoms with Crippen LogP contribution in [-0.2, 0) is 0 Å². The van der Waals surface area contributed by atoms with Crippen molar-refractivity contribution < 1.29 is 22.3 Å². The van der Waals surface area contributed by atoms with Gasteiger partial charge in [-0.05, 0) is 44.0 Å². The lowest BCUT2D eigenvalue weighted by atomic mass is 9.91. The molecule has 0 aliphatic carbocycles. The number of nitrogens with two attached hydrogens (primary N) is 1. The third kappa shape index (κ3) is 4.11. The first-order valence-corrected chi connectivity index (χ1v) is 15.1. The monoisotopic (exact) mass is 619 g/mol. The van der Waals surface area contributed by atoms with Gasteiger partial charge in [0.15, 0.2) is 10.9 Å². The van der Waals surface area contributed by atoms with Gasteiger partial charge in [0.25, 0.3) is 5.92 Å². The van der Waals surface area contributed by atoms with Crippen molar-refractivity contribution in [1.29, 1.82) is 0 Å². The van der Waals surface area contributed by atoms with Crippen molar-refractivity contribution in [3.05, 3.63) is 34.9 Å². The summed E-state index contributed by atoms with van der Waals surface area (Å²) in [6.45, 7) is 1.57. The number of hydrogen-bond donors (Lipinski definition) is 2. The van der Waals surface area contributed by atoms with Crippen LogP contribution in [-0.4, -0.2) is 76.2 Å². The Hall–Kier alpha value is -3.00. The largest absolute Gasteiger partial charge is 0.461 e. The van der Waals surface area contributed by atoms with Gasteiger partial charge in [0.1, 0.15) is 23.8 Å². The summed E-state index contributed by atoms with van der Waals surface area (Å²) >= 11 is 7.70. The zero-order valence-corrected chi connectivity index (χ0v) is 23.8. The molecule has 9 rings (SSSR count). The van der Waals surface area contributed by atoms with Crippen molar-refractivity contribution in [3.8, 4) is 17.1 Å². The maximum absolute atomic E-state index is 16.6. The minimum atomic E-state index is -2.79. The second kappa shape index (κ2) is 9.25. The van der Waals surface area contributed by atoms with Gasteiger partial charge < -0.3 is 20.7 Å². The highest BCUT2D eigenvalue weighted by atomic mass is 35.5. The third-order valence-corrected chi connectivity index (χ3v) is 10.3. The van der Waals surface area contributed by atoms with Crippen LogP contribution in [0.25, 0.3) is 32.2 Å². The van der Waals surface area contributed by atoms with Gasteiger partial charge in [-0.15, -0.1) is 0 Å². The van der Waals surface area contributed by atoms with Crippen LogP contribution in [0.5, 0.6) is 6.01 Å². The molecule has 3 unspecified atom stereocenters. The Labute approximate surface area is 246 Å². The average Bonchev–Trinajstić information content (AvgIpc) is 3.58. The molecular weight excluding hydrogens is 594 g/mol. The van der Waals surface area contributed by atoms with Crippen molar-refractivity contribution in [1.82, 2.24) is 25.2 Å². The Morgan fingerprint density at radius 3 is 2.71 bits per heavy atom. The SMILES string of the molecule is Nc1nc2c(-c3c(Cl)cc4c(N5CC6CC(C5)N6)nc(OCC56CCCN5CC(F)(F)C6)nc4c3F)ccc(F)c2s1. The third-order valence-electron chi connectivity index (χ3n) is 9.07. The van der Waals surface area contributed by atoms with Gasteiger partial charge in [0, 0.05) is 48.1 Å². The number of nitrogens with zero attached hydrogens (tertiary/aromatic N) is 5. The Balaban J connectivity index is 1.26. The molecule has 5 aliphatic rings. The fourth-order valence-corrected chi connectivity index (χ4v) is 8.32. The van der Waals surface area contributed by atoms with Crippen molar-refractivity contribution in [3.63, 3.8) is 0 Å². The number of fused-ring (bicyclic) bond motifs is 5. The fraction of sp³-hybridized carbons (Fsp3) is 0.464. The van der Waals surface area contributed by atoms with E-state index in [-0.39, 0.29) is 74.7 Å². The highest BCUT2D eigenvalue weighted by molar-refractivity contribution is 7.22. The van der Waals surface area contributed by atoms with Crippen LogP contribution in [0.4, 0.5) is 28.5 Å². The van der Waals surface area contributed by atoms with Crippen LogP contribution < -0.4 is 20.7 Å². The number of hydrogen-bond acceptors (Lipinski definition) is 9. The summed E-state index contributed by atoms with van der Waals surface area (Å²) in [6, 6.07) is 4.74. The van der Waals surface area contributed by atoms with Crippen LogP contribution in [0.1, 0.15) is 25.7 Å². The molecule has 8 nitrogen and oxygen atoms in total. The molecule has 5 saturated heterocycles. The van der Waals surface area contributed by atoms with E-state index < -0.39 is 23.1 Å². The summed E-state index contributed by atoms with van der Waals surface area (Å²) in [5.41, 5.74) is 5.51. The lowest BCUT2D eigenvalue weighted by Crippen LogP contribution is -2.67. The molecule has 5 aliphatic heterocycles. The Morgan fingerprint density at radius 1 is 1.14 bits per heavy atom. The topological polar surface area (TPSA) is 92.4 Å². The number of thiazole rings is 1. The lowest BCUT2D eigenvalue weighted by Gasteiger charge is -2.48. The van der Waals surface area contributed by atoms with Crippen molar-refractivity contribution in [2.45, 2.75) is 49.2 Å². The van der Waals surface area contributed by atoms with Gasteiger partial charge in [-0.25, -0.2) is 22.5 Å². The summed E-state index contributed by atoms with van der Waals surface area (Å²) in [4.78, 5) is 17.2. The second-order valence-electron chi connectivity index (χ2n) is 11.9. The van der Waals surface area contributed by atoms with E-state index in [1.807, 2.05) is 0 Å². The molecule has 0 saturated carbocycles. The summed E-state index contributed by atoms with van der Waals surface area (Å²) in [7, 11) is 0. The van der Waals surface area contributed by atoms with Crippen LogP contribution in [0, 0.1) is 11.6 Å². The number of nitrogens with one attached hydrogen (secondary N) is 1. The first-order valence-electron chi connectivity index (χ1n) is 13.9. The van der Waals surface area contributed by atoms with Crippen molar-refractivity contribution in [2.24, 2.45) is 0 Å². The van der Waals surface area contributed by atoms with Gasteiger partial charge in [0.05, 0.1) is 27.3 Å². The van der Waals surface area contributed by atoms with Crippen LogP contribution in [0.2, 0.25) is 5.02 Å². The fourth-order valence-electron chi connectivity index (χ4n) is 7.26. The number of alkyl halides is 2. The zero-order chi connectivity index (χ0) is 29.0. The molecule has 3 N–H and O–H groups in total. The van der Waals surface area contributed by atoms with Gasteiger partial charge in [-0.3, -0.25) is 4.90 Å². The predicted octanol–water partition coefficient (Wildman–Crippen LogP) is 5.22. The van der Waals surface area contributed by atoms with E-state index in [4.69, 9.17) is 27.1 Å². The van der Waals surface area contributed by atoms with E-state index in [0.717, 1.165) is 24.2 Å².